The molecule has 0 fully saturated rings. The standard InChI is InChI=1S/C20H17N5O/c1-13-6-8-15(11-22-13)26-19-9-7-14(10-17(19)21)25-20-16-4-2-3-5-18(16)23-12-24-20/h2-12H,21H2,1H3,(H,23,24,25). The van der Waals surface area contributed by atoms with Crippen LogP contribution in [0.3, 0.4) is 0 Å². The maximum Gasteiger partial charge on any atom is 0.150 e. The summed E-state index contributed by atoms with van der Waals surface area (Å²) >= 11 is 0. The minimum atomic E-state index is 0.522. The molecule has 0 aliphatic rings. The lowest BCUT2D eigenvalue weighted by atomic mass is 10.2. The van der Waals surface area contributed by atoms with Crippen LogP contribution in [0.1, 0.15) is 5.69 Å². The van der Waals surface area contributed by atoms with Crippen LogP contribution >= 0.6 is 0 Å². The van der Waals surface area contributed by atoms with Crippen LogP contribution in [0.25, 0.3) is 10.9 Å². The van der Waals surface area contributed by atoms with E-state index in [4.69, 9.17) is 10.5 Å². The highest BCUT2D eigenvalue weighted by atomic mass is 16.5. The second kappa shape index (κ2) is 6.68. The number of nitrogens with zero attached hydrogens (tertiary/aromatic N) is 3. The molecule has 0 aliphatic heterocycles. The maximum absolute atomic E-state index is 6.15. The third-order valence-corrected chi connectivity index (χ3v) is 3.93. The number of aryl methyl sites for hydroxylation is 1. The summed E-state index contributed by atoms with van der Waals surface area (Å²) < 4.78 is 5.80. The van der Waals surface area contributed by atoms with Gasteiger partial charge in [-0.15, -0.1) is 0 Å². The summed E-state index contributed by atoms with van der Waals surface area (Å²) in [5, 5.41) is 4.23. The van der Waals surface area contributed by atoms with Gasteiger partial charge in [-0.25, -0.2) is 9.97 Å². The molecule has 2 aromatic heterocycles. The van der Waals surface area contributed by atoms with Gasteiger partial charge >= 0.3 is 0 Å². The fraction of sp³-hybridized carbons (Fsp3) is 0.0500. The molecule has 2 aromatic carbocycles. The lowest BCUT2D eigenvalue weighted by Crippen LogP contribution is -1.98. The van der Waals surface area contributed by atoms with Crippen LogP contribution in [0, 0.1) is 6.92 Å². The van der Waals surface area contributed by atoms with Crippen LogP contribution in [0.5, 0.6) is 11.5 Å². The van der Waals surface area contributed by atoms with Crippen molar-refractivity contribution in [2.45, 2.75) is 6.92 Å². The van der Waals surface area contributed by atoms with Crippen molar-refractivity contribution in [1.29, 1.82) is 0 Å². The van der Waals surface area contributed by atoms with Gasteiger partial charge in [-0.05, 0) is 49.4 Å². The number of hydrogen-bond acceptors (Lipinski definition) is 6. The summed E-state index contributed by atoms with van der Waals surface area (Å²) in [7, 11) is 0. The first-order valence-electron chi connectivity index (χ1n) is 8.16. The molecule has 0 spiro atoms. The summed E-state index contributed by atoms with van der Waals surface area (Å²) in [6, 6.07) is 17.1. The number of anilines is 3. The molecule has 4 aromatic rings. The van der Waals surface area contributed by atoms with Gasteiger partial charge in [-0.2, -0.15) is 0 Å². The molecule has 6 heteroatoms. The van der Waals surface area contributed by atoms with E-state index in [0.717, 1.165) is 28.1 Å². The molecule has 0 radical (unpaired) electrons. The molecule has 0 unspecified atom stereocenters. The van der Waals surface area contributed by atoms with Gasteiger partial charge in [0.2, 0.25) is 0 Å². The van der Waals surface area contributed by atoms with Crippen LogP contribution in [-0.2, 0) is 0 Å². The van der Waals surface area contributed by atoms with Crippen LogP contribution in [-0.4, -0.2) is 15.0 Å². The smallest absolute Gasteiger partial charge is 0.150 e. The van der Waals surface area contributed by atoms with Gasteiger partial charge in [0.1, 0.15) is 17.9 Å². The van der Waals surface area contributed by atoms with Crippen LogP contribution in [0.15, 0.2) is 67.1 Å². The van der Waals surface area contributed by atoms with Crippen molar-refractivity contribution < 1.29 is 4.74 Å². The summed E-state index contributed by atoms with van der Waals surface area (Å²) in [6.07, 6.45) is 3.21. The predicted octanol–water partition coefficient (Wildman–Crippen LogP) is 4.45. The molecule has 26 heavy (non-hydrogen) atoms. The van der Waals surface area contributed by atoms with E-state index < -0.39 is 0 Å². The number of fused-ring (bicyclic) bond motifs is 1. The monoisotopic (exact) mass is 343 g/mol. The molecule has 0 amide bonds. The summed E-state index contributed by atoms with van der Waals surface area (Å²) in [6.45, 7) is 1.93. The largest absolute Gasteiger partial charge is 0.454 e. The molecule has 4 rings (SSSR count). The molecule has 128 valence electrons. The van der Waals surface area contributed by atoms with E-state index in [1.54, 1.807) is 6.20 Å². The van der Waals surface area contributed by atoms with Crippen molar-refractivity contribution in [2.24, 2.45) is 0 Å². The third kappa shape index (κ3) is 3.25. The third-order valence-electron chi connectivity index (χ3n) is 3.93. The van der Waals surface area contributed by atoms with Crippen molar-refractivity contribution in [3.05, 3.63) is 72.8 Å². The Kier molecular flexibility index (Phi) is 4.07. The Morgan fingerprint density at radius 2 is 1.85 bits per heavy atom. The van der Waals surface area contributed by atoms with Crippen molar-refractivity contribution in [3.8, 4) is 11.5 Å². The fourth-order valence-electron chi connectivity index (χ4n) is 2.60. The first-order valence-corrected chi connectivity index (χ1v) is 8.16. The Hall–Kier alpha value is -3.67. The number of aromatic nitrogens is 3. The molecule has 2 heterocycles. The number of nitrogens with two attached hydrogens (primary N) is 1. The van der Waals surface area contributed by atoms with Crippen LogP contribution in [0.4, 0.5) is 17.2 Å². The average molecular weight is 343 g/mol. The zero-order valence-corrected chi connectivity index (χ0v) is 14.2. The Bertz CT molecular complexity index is 1060. The number of rotatable bonds is 4. The number of hydrogen-bond donors (Lipinski definition) is 2. The Morgan fingerprint density at radius 1 is 0.962 bits per heavy atom. The van der Waals surface area contributed by atoms with E-state index in [2.05, 4.69) is 20.3 Å². The fourth-order valence-corrected chi connectivity index (χ4v) is 2.60. The van der Waals surface area contributed by atoms with Crippen molar-refractivity contribution >= 4 is 28.1 Å². The van der Waals surface area contributed by atoms with E-state index in [1.165, 1.54) is 6.33 Å². The molecule has 0 saturated heterocycles. The highest BCUT2D eigenvalue weighted by Gasteiger charge is 2.07. The minimum Gasteiger partial charge on any atom is -0.454 e. The lowest BCUT2D eigenvalue weighted by molar-refractivity contribution is 0.482. The van der Waals surface area contributed by atoms with Crippen LogP contribution in [0.2, 0.25) is 0 Å². The molecule has 0 aliphatic carbocycles. The Labute approximate surface area is 150 Å². The molecule has 3 N–H and O–H groups in total. The van der Waals surface area contributed by atoms with E-state index in [-0.39, 0.29) is 0 Å². The maximum atomic E-state index is 6.15. The number of nitrogen functional groups attached to an aromatic ring is 1. The van der Waals surface area contributed by atoms with Gasteiger partial charge < -0.3 is 15.8 Å². The van der Waals surface area contributed by atoms with Crippen molar-refractivity contribution in [1.82, 2.24) is 15.0 Å². The first-order chi connectivity index (χ1) is 12.7. The van der Waals surface area contributed by atoms with E-state index in [9.17, 15) is 0 Å². The summed E-state index contributed by atoms with van der Waals surface area (Å²) in [4.78, 5) is 12.8. The normalized spacial score (nSPS) is 10.7. The van der Waals surface area contributed by atoms with Gasteiger partial charge in [-0.3, -0.25) is 4.98 Å². The van der Waals surface area contributed by atoms with Gasteiger partial charge in [-0.1, -0.05) is 12.1 Å². The molecular formula is C20H17N5O. The van der Waals surface area contributed by atoms with E-state index >= 15 is 0 Å². The van der Waals surface area contributed by atoms with Crippen molar-refractivity contribution in [3.63, 3.8) is 0 Å². The van der Waals surface area contributed by atoms with E-state index in [1.807, 2.05) is 61.5 Å². The van der Waals surface area contributed by atoms with Gasteiger partial charge in [0, 0.05) is 16.8 Å². The predicted molar refractivity (Wildman–Crippen MR) is 103 cm³/mol. The Morgan fingerprint density at radius 3 is 2.65 bits per heavy atom. The van der Waals surface area contributed by atoms with Gasteiger partial charge in [0.15, 0.2) is 5.75 Å². The van der Waals surface area contributed by atoms with Crippen LogP contribution < -0.4 is 15.8 Å². The number of nitrogens with one attached hydrogen (secondary N) is 1. The SMILES string of the molecule is Cc1ccc(Oc2ccc(Nc3ncnc4ccccc34)cc2N)cn1. The number of ether oxygens (including phenoxy) is 1. The average Bonchev–Trinajstić information content (AvgIpc) is 2.66. The number of benzene rings is 2. The van der Waals surface area contributed by atoms with Crippen molar-refractivity contribution in [2.75, 3.05) is 11.1 Å². The highest BCUT2D eigenvalue weighted by molar-refractivity contribution is 5.90. The second-order valence-corrected chi connectivity index (χ2v) is 5.85. The molecular weight excluding hydrogens is 326 g/mol. The zero-order chi connectivity index (χ0) is 17.9. The molecule has 6 nitrogen and oxygen atoms in total. The molecule has 0 saturated carbocycles. The second-order valence-electron chi connectivity index (χ2n) is 5.85. The number of pyridine rings is 1. The zero-order valence-electron chi connectivity index (χ0n) is 14.2. The minimum absolute atomic E-state index is 0.522. The lowest BCUT2D eigenvalue weighted by Gasteiger charge is -2.12. The summed E-state index contributed by atoms with van der Waals surface area (Å²) in [5.41, 5.74) is 9.30. The topological polar surface area (TPSA) is 86.0 Å². The quantitative estimate of drug-likeness (QED) is 0.532. The summed E-state index contributed by atoms with van der Waals surface area (Å²) in [5.74, 6) is 1.95. The van der Waals surface area contributed by atoms with Gasteiger partial charge in [0.25, 0.3) is 0 Å². The first kappa shape index (κ1) is 15.8. The highest BCUT2D eigenvalue weighted by Crippen LogP contribution is 2.31. The van der Waals surface area contributed by atoms with E-state index in [0.29, 0.717) is 17.2 Å². The molecule has 0 atom stereocenters. The number of para-hydroxylation sites is 1. The Balaban J connectivity index is 1.58. The molecule has 0 bridgehead atoms. The van der Waals surface area contributed by atoms with Gasteiger partial charge in [0.05, 0.1) is 17.4 Å².